The summed E-state index contributed by atoms with van der Waals surface area (Å²) in [4.78, 5) is 23.6. The van der Waals surface area contributed by atoms with Crippen molar-refractivity contribution in [3.05, 3.63) is 53.6 Å². The van der Waals surface area contributed by atoms with E-state index in [4.69, 9.17) is 0 Å². The summed E-state index contributed by atoms with van der Waals surface area (Å²) in [5.41, 5.74) is 4.65. The topological polar surface area (TPSA) is 70.2 Å². The van der Waals surface area contributed by atoms with Crippen LogP contribution in [0.3, 0.4) is 0 Å². The fourth-order valence-corrected chi connectivity index (χ4v) is 2.49. The number of anilines is 3. The first kappa shape index (κ1) is 18.5. The van der Waals surface area contributed by atoms with Gasteiger partial charge in [0.15, 0.2) is 0 Å². The van der Waals surface area contributed by atoms with E-state index in [2.05, 4.69) is 22.9 Å². The molecule has 0 aliphatic rings. The van der Waals surface area contributed by atoms with Crippen LogP contribution in [0.2, 0.25) is 0 Å². The first-order chi connectivity index (χ1) is 12.0. The number of benzene rings is 2. The van der Waals surface area contributed by atoms with Gasteiger partial charge in [-0.25, -0.2) is 0 Å². The molecule has 0 atom stereocenters. The Morgan fingerprint density at radius 1 is 0.880 bits per heavy atom. The Balaban J connectivity index is 1.91. The molecule has 0 spiro atoms. The molecule has 0 unspecified atom stereocenters. The summed E-state index contributed by atoms with van der Waals surface area (Å²) in [7, 11) is 0. The molecule has 25 heavy (non-hydrogen) atoms. The van der Waals surface area contributed by atoms with Crippen LogP contribution >= 0.6 is 0 Å². The van der Waals surface area contributed by atoms with Crippen molar-refractivity contribution in [3.8, 4) is 0 Å². The number of hydrogen-bond acceptors (Lipinski definition) is 3. The molecule has 0 bridgehead atoms. The van der Waals surface area contributed by atoms with E-state index >= 15 is 0 Å². The molecule has 5 nitrogen and oxygen atoms in total. The lowest BCUT2D eigenvalue weighted by molar-refractivity contribution is -0.116. The number of carbonyl (C=O) groups excluding carboxylic acids is 2. The Morgan fingerprint density at radius 3 is 2.20 bits per heavy atom. The third kappa shape index (κ3) is 5.35. The van der Waals surface area contributed by atoms with Gasteiger partial charge >= 0.3 is 0 Å². The van der Waals surface area contributed by atoms with Gasteiger partial charge in [-0.3, -0.25) is 9.59 Å². The SMILES string of the molecule is CCC(=O)Nc1ccc(NCC(=O)Nc2c(C)cccc2CC)cc1. The largest absolute Gasteiger partial charge is 0.376 e. The zero-order valence-corrected chi connectivity index (χ0v) is 15.0. The van der Waals surface area contributed by atoms with Crippen molar-refractivity contribution in [1.29, 1.82) is 0 Å². The standard InChI is InChI=1S/C20H25N3O2/c1-4-15-8-6-7-14(3)20(15)23-19(25)13-21-16-9-11-17(12-10-16)22-18(24)5-2/h6-12,21H,4-5,13H2,1-3H3,(H,22,24)(H,23,25). The van der Waals surface area contributed by atoms with Crippen LogP contribution in [0.15, 0.2) is 42.5 Å². The van der Waals surface area contributed by atoms with Crippen molar-refractivity contribution < 1.29 is 9.59 Å². The van der Waals surface area contributed by atoms with Gasteiger partial charge in [-0.15, -0.1) is 0 Å². The van der Waals surface area contributed by atoms with Gasteiger partial charge in [0.1, 0.15) is 0 Å². The lowest BCUT2D eigenvalue weighted by atomic mass is 10.1. The molecule has 2 aromatic carbocycles. The van der Waals surface area contributed by atoms with Crippen LogP contribution in [0.25, 0.3) is 0 Å². The number of carbonyl (C=O) groups is 2. The molecule has 0 fully saturated rings. The maximum atomic E-state index is 12.2. The van der Waals surface area contributed by atoms with Gasteiger partial charge < -0.3 is 16.0 Å². The van der Waals surface area contributed by atoms with Crippen molar-refractivity contribution in [2.24, 2.45) is 0 Å². The summed E-state index contributed by atoms with van der Waals surface area (Å²) in [5.74, 6) is -0.114. The molecule has 0 saturated carbocycles. The maximum Gasteiger partial charge on any atom is 0.243 e. The number of nitrogens with one attached hydrogen (secondary N) is 3. The number of aryl methyl sites for hydroxylation is 2. The van der Waals surface area contributed by atoms with E-state index in [1.165, 1.54) is 0 Å². The third-order valence-corrected chi connectivity index (χ3v) is 3.95. The van der Waals surface area contributed by atoms with Crippen LogP contribution in [0.4, 0.5) is 17.1 Å². The monoisotopic (exact) mass is 339 g/mol. The molecule has 2 aromatic rings. The highest BCUT2D eigenvalue weighted by molar-refractivity contribution is 5.95. The molecule has 0 saturated heterocycles. The maximum absolute atomic E-state index is 12.2. The highest BCUT2D eigenvalue weighted by atomic mass is 16.2. The normalized spacial score (nSPS) is 10.2. The van der Waals surface area contributed by atoms with E-state index in [-0.39, 0.29) is 18.4 Å². The summed E-state index contributed by atoms with van der Waals surface area (Å²) in [6, 6.07) is 13.3. The molecule has 2 amide bonds. The summed E-state index contributed by atoms with van der Waals surface area (Å²) in [6.45, 7) is 6.05. The quantitative estimate of drug-likeness (QED) is 0.715. The van der Waals surface area contributed by atoms with Crippen molar-refractivity contribution >= 4 is 28.9 Å². The highest BCUT2D eigenvalue weighted by Crippen LogP contribution is 2.21. The van der Waals surface area contributed by atoms with Gasteiger partial charge in [0.2, 0.25) is 11.8 Å². The zero-order chi connectivity index (χ0) is 18.2. The number of amides is 2. The predicted octanol–water partition coefficient (Wildman–Crippen LogP) is 3.96. The van der Waals surface area contributed by atoms with Gasteiger partial charge in [-0.1, -0.05) is 32.0 Å². The molecule has 0 aromatic heterocycles. The van der Waals surface area contributed by atoms with Crippen molar-refractivity contribution in [2.75, 3.05) is 22.5 Å². The Hall–Kier alpha value is -2.82. The van der Waals surface area contributed by atoms with Gasteiger partial charge in [0.25, 0.3) is 0 Å². The van der Waals surface area contributed by atoms with E-state index in [0.29, 0.717) is 6.42 Å². The highest BCUT2D eigenvalue weighted by Gasteiger charge is 2.08. The first-order valence-corrected chi connectivity index (χ1v) is 8.55. The second kappa shape index (κ2) is 8.87. The zero-order valence-electron chi connectivity index (χ0n) is 15.0. The second-order valence-corrected chi connectivity index (χ2v) is 5.84. The van der Waals surface area contributed by atoms with E-state index in [0.717, 1.165) is 34.6 Å². The number of para-hydroxylation sites is 1. The molecular weight excluding hydrogens is 314 g/mol. The summed E-state index contributed by atoms with van der Waals surface area (Å²) in [5, 5.41) is 8.87. The average molecular weight is 339 g/mol. The first-order valence-electron chi connectivity index (χ1n) is 8.55. The fraction of sp³-hybridized carbons (Fsp3) is 0.300. The van der Waals surface area contributed by atoms with Gasteiger partial charge in [-0.2, -0.15) is 0 Å². The second-order valence-electron chi connectivity index (χ2n) is 5.84. The van der Waals surface area contributed by atoms with Crippen LogP contribution in [0.5, 0.6) is 0 Å². The molecular formula is C20H25N3O2. The van der Waals surface area contributed by atoms with Crippen molar-refractivity contribution in [2.45, 2.75) is 33.6 Å². The Kier molecular flexibility index (Phi) is 6.57. The van der Waals surface area contributed by atoms with Crippen molar-refractivity contribution in [3.63, 3.8) is 0 Å². The minimum Gasteiger partial charge on any atom is -0.376 e. The minimum atomic E-state index is -0.0904. The van der Waals surface area contributed by atoms with Crippen molar-refractivity contribution in [1.82, 2.24) is 0 Å². The summed E-state index contributed by atoms with van der Waals surface area (Å²) in [6.07, 6.45) is 1.31. The Morgan fingerprint density at radius 2 is 1.56 bits per heavy atom. The molecule has 0 radical (unpaired) electrons. The molecule has 0 aliphatic carbocycles. The average Bonchev–Trinajstić information content (AvgIpc) is 2.62. The molecule has 3 N–H and O–H groups in total. The minimum absolute atomic E-state index is 0.0231. The van der Waals surface area contributed by atoms with E-state index in [1.807, 2.05) is 56.3 Å². The van der Waals surface area contributed by atoms with E-state index in [1.54, 1.807) is 0 Å². The van der Waals surface area contributed by atoms with E-state index in [9.17, 15) is 9.59 Å². The molecule has 0 heterocycles. The lowest BCUT2D eigenvalue weighted by Gasteiger charge is -2.14. The van der Waals surface area contributed by atoms with Crippen LogP contribution in [0.1, 0.15) is 31.4 Å². The van der Waals surface area contributed by atoms with Crippen LogP contribution in [-0.4, -0.2) is 18.4 Å². The predicted molar refractivity (Wildman–Crippen MR) is 103 cm³/mol. The number of hydrogen-bond donors (Lipinski definition) is 3. The molecule has 0 aliphatic heterocycles. The van der Waals surface area contributed by atoms with Crippen LogP contribution in [0, 0.1) is 6.92 Å². The number of rotatable bonds is 7. The molecule has 2 rings (SSSR count). The van der Waals surface area contributed by atoms with Crippen LogP contribution < -0.4 is 16.0 Å². The molecule has 5 heteroatoms. The summed E-state index contributed by atoms with van der Waals surface area (Å²) >= 11 is 0. The van der Waals surface area contributed by atoms with Crippen LogP contribution in [-0.2, 0) is 16.0 Å². The smallest absolute Gasteiger partial charge is 0.243 e. The fourth-order valence-electron chi connectivity index (χ4n) is 2.49. The van der Waals surface area contributed by atoms with Gasteiger partial charge in [0.05, 0.1) is 6.54 Å². The Labute approximate surface area is 148 Å². The van der Waals surface area contributed by atoms with Gasteiger partial charge in [0, 0.05) is 23.5 Å². The third-order valence-electron chi connectivity index (χ3n) is 3.95. The summed E-state index contributed by atoms with van der Waals surface area (Å²) < 4.78 is 0. The van der Waals surface area contributed by atoms with Gasteiger partial charge in [-0.05, 0) is 48.7 Å². The lowest BCUT2D eigenvalue weighted by Crippen LogP contribution is -2.22. The Bertz CT molecular complexity index is 739. The molecule has 132 valence electrons. The van der Waals surface area contributed by atoms with E-state index < -0.39 is 0 Å².